The van der Waals surface area contributed by atoms with E-state index in [4.69, 9.17) is 27.8 Å². The van der Waals surface area contributed by atoms with Gasteiger partial charge in [0.05, 0.1) is 12.6 Å². The van der Waals surface area contributed by atoms with Gasteiger partial charge in [-0.2, -0.15) is 0 Å². The molecule has 1 aliphatic rings. The van der Waals surface area contributed by atoms with Crippen molar-refractivity contribution in [3.8, 4) is 17.6 Å². The zero-order chi connectivity index (χ0) is 30.6. The van der Waals surface area contributed by atoms with Crippen molar-refractivity contribution < 1.29 is 19.5 Å². The van der Waals surface area contributed by atoms with Gasteiger partial charge in [-0.3, -0.25) is 19.8 Å². The van der Waals surface area contributed by atoms with Crippen molar-refractivity contribution in [2.24, 2.45) is 11.5 Å². The second-order valence-corrected chi connectivity index (χ2v) is 10.5. The first-order valence-corrected chi connectivity index (χ1v) is 14.4. The second-order valence-electron chi connectivity index (χ2n) is 10.1. The molecule has 43 heavy (non-hydrogen) atoms. The number of hydroxylamine groups is 2. The first-order chi connectivity index (χ1) is 20.8. The van der Waals surface area contributed by atoms with Crippen molar-refractivity contribution in [2.45, 2.75) is 12.5 Å². The van der Waals surface area contributed by atoms with Gasteiger partial charge in [0, 0.05) is 61.4 Å². The number of primary amides is 2. The van der Waals surface area contributed by atoms with Crippen molar-refractivity contribution in [1.82, 2.24) is 14.9 Å². The molecule has 4 rings (SSSR count). The predicted molar refractivity (Wildman–Crippen MR) is 167 cm³/mol. The summed E-state index contributed by atoms with van der Waals surface area (Å²) in [6, 6.07) is 23.3. The van der Waals surface area contributed by atoms with Gasteiger partial charge in [0.15, 0.2) is 0 Å². The van der Waals surface area contributed by atoms with Crippen molar-refractivity contribution in [2.75, 3.05) is 45.9 Å². The molecule has 1 aliphatic heterocycles. The molecule has 224 valence electrons. The number of nitrogens with zero attached hydrogens (tertiary/aromatic N) is 3. The Morgan fingerprint density at radius 1 is 1.00 bits per heavy atom. The molecule has 3 aromatic carbocycles. The molecule has 0 saturated carbocycles. The van der Waals surface area contributed by atoms with Crippen LogP contribution in [0.2, 0.25) is 5.02 Å². The summed E-state index contributed by atoms with van der Waals surface area (Å²) in [5.74, 6) is 5.91. The van der Waals surface area contributed by atoms with Crippen LogP contribution in [0.4, 0.5) is 4.79 Å². The highest BCUT2D eigenvalue weighted by Gasteiger charge is 2.26. The highest BCUT2D eigenvalue weighted by molar-refractivity contribution is 6.30. The predicted octanol–water partition coefficient (Wildman–Crippen LogP) is 4.14. The number of nitrogens with two attached hydrogens (primary N) is 2. The number of halogens is 1. The van der Waals surface area contributed by atoms with Gasteiger partial charge in [0.1, 0.15) is 12.4 Å². The average molecular weight is 602 g/mol. The number of carbonyl (C=O) groups is 2. The van der Waals surface area contributed by atoms with Crippen LogP contribution >= 0.6 is 11.6 Å². The highest BCUT2D eigenvalue weighted by Crippen LogP contribution is 2.30. The first kappa shape index (κ1) is 31.6. The zero-order valence-corrected chi connectivity index (χ0v) is 24.6. The first-order valence-electron chi connectivity index (χ1n) is 14.1. The molecular weight excluding hydrogens is 566 g/mol. The van der Waals surface area contributed by atoms with E-state index >= 15 is 0 Å². The van der Waals surface area contributed by atoms with Crippen molar-refractivity contribution in [3.63, 3.8) is 0 Å². The Bertz CT molecular complexity index is 1460. The average Bonchev–Trinajstić information content (AvgIpc) is 3.01. The molecule has 1 heterocycles. The van der Waals surface area contributed by atoms with Crippen LogP contribution in [0.1, 0.15) is 34.7 Å². The topological polar surface area (TPSA) is 125 Å². The largest absolute Gasteiger partial charge is 0.492 e. The second kappa shape index (κ2) is 15.8. The Balaban J connectivity index is 1.34. The van der Waals surface area contributed by atoms with Crippen LogP contribution in [0.25, 0.3) is 6.08 Å². The molecule has 1 saturated heterocycles. The Morgan fingerprint density at radius 2 is 1.70 bits per heavy atom. The number of benzene rings is 3. The van der Waals surface area contributed by atoms with E-state index in [-0.39, 0.29) is 19.0 Å². The summed E-state index contributed by atoms with van der Waals surface area (Å²) in [4.78, 5) is 27.2. The fourth-order valence-electron chi connectivity index (χ4n) is 4.92. The molecule has 10 heteroatoms. The van der Waals surface area contributed by atoms with Crippen molar-refractivity contribution in [3.05, 3.63) is 106 Å². The number of hydrogen-bond donors (Lipinski definition) is 3. The van der Waals surface area contributed by atoms with Crippen LogP contribution in [-0.2, 0) is 4.79 Å². The maximum atomic E-state index is 11.4. The van der Waals surface area contributed by atoms with E-state index in [0.29, 0.717) is 28.5 Å². The quantitative estimate of drug-likeness (QED) is 0.131. The van der Waals surface area contributed by atoms with Gasteiger partial charge in [-0.05, 0) is 47.5 Å². The monoisotopic (exact) mass is 601 g/mol. The van der Waals surface area contributed by atoms with Crippen molar-refractivity contribution >= 4 is 29.6 Å². The van der Waals surface area contributed by atoms with Gasteiger partial charge in [0.2, 0.25) is 5.91 Å². The molecule has 0 spiro atoms. The van der Waals surface area contributed by atoms with Gasteiger partial charge in [0.25, 0.3) is 0 Å². The molecular formula is C33H36ClN5O4. The van der Waals surface area contributed by atoms with Gasteiger partial charge in [-0.15, -0.1) is 0 Å². The van der Waals surface area contributed by atoms with E-state index in [1.54, 1.807) is 18.2 Å². The van der Waals surface area contributed by atoms with Crippen LogP contribution in [-0.4, -0.2) is 77.9 Å². The summed E-state index contributed by atoms with van der Waals surface area (Å²) in [5, 5.41) is 10.5. The number of rotatable bonds is 11. The van der Waals surface area contributed by atoms with E-state index in [9.17, 15) is 14.8 Å². The smallest absolute Gasteiger partial charge is 0.338 e. The van der Waals surface area contributed by atoms with Gasteiger partial charge >= 0.3 is 6.03 Å². The maximum absolute atomic E-state index is 11.4. The molecule has 0 aliphatic carbocycles. The third kappa shape index (κ3) is 9.60. The third-order valence-electron chi connectivity index (χ3n) is 7.11. The zero-order valence-electron chi connectivity index (χ0n) is 23.9. The minimum Gasteiger partial charge on any atom is -0.492 e. The minimum atomic E-state index is -0.932. The number of urea groups is 1. The Hall–Kier alpha value is -4.33. The van der Waals surface area contributed by atoms with Crippen LogP contribution in [0, 0.1) is 11.8 Å². The molecule has 1 atom stereocenters. The van der Waals surface area contributed by atoms with Crippen LogP contribution < -0.4 is 16.2 Å². The molecule has 1 fully saturated rings. The van der Waals surface area contributed by atoms with Crippen LogP contribution in [0.3, 0.4) is 0 Å². The summed E-state index contributed by atoms with van der Waals surface area (Å²) in [7, 11) is 0. The highest BCUT2D eigenvalue weighted by atomic mass is 35.5. The fourth-order valence-corrected chi connectivity index (χ4v) is 5.05. The molecule has 0 radical (unpaired) electrons. The van der Waals surface area contributed by atoms with Gasteiger partial charge in [-0.1, -0.05) is 65.9 Å². The number of piperazine rings is 1. The minimum absolute atomic E-state index is 0.000260. The Labute approximate surface area is 257 Å². The Morgan fingerprint density at radius 3 is 2.37 bits per heavy atom. The van der Waals surface area contributed by atoms with Gasteiger partial charge in [-0.25, -0.2) is 9.86 Å². The fraction of sp³-hybridized carbons (Fsp3) is 0.273. The lowest BCUT2D eigenvalue weighted by Crippen LogP contribution is -2.48. The van der Waals surface area contributed by atoms with E-state index in [1.807, 2.05) is 24.3 Å². The van der Waals surface area contributed by atoms with E-state index < -0.39 is 11.9 Å². The van der Waals surface area contributed by atoms with Crippen LogP contribution in [0.5, 0.6) is 5.75 Å². The number of hydrogen-bond acceptors (Lipinski definition) is 6. The number of ether oxygens (including phenoxy) is 1. The van der Waals surface area contributed by atoms with E-state index in [1.165, 1.54) is 17.2 Å². The molecule has 3 amide bonds. The standard InChI is InChI=1S/C33H36ClN5O4/c34-29-13-10-27(11-14-29)32(26-7-2-1-3-8-26)38-20-18-37(19-21-38)22-23-43-30-15-9-25(24-28(30)12-16-31(35)40)6-4-5-17-39(42)33(36)41/h1-3,7-16,24,32,42H,5,17-23H2,(H2,35,40)(H2,36,41)/t32-/m1/s1. The van der Waals surface area contributed by atoms with E-state index in [0.717, 1.165) is 37.7 Å². The molecule has 5 N–H and O–H groups in total. The Kier molecular flexibility index (Phi) is 11.6. The summed E-state index contributed by atoms with van der Waals surface area (Å²) in [6.45, 7) is 4.87. The summed E-state index contributed by atoms with van der Waals surface area (Å²) >= 11 is 6.17. The molecule has 0 unspecified atom stereocenters. The van der Waals surface area contributed by atoms with Crippen molar-refractivity contribution in [1.29, 1.82) is 0 Å². The summed E-state index contributed by atoms with van der Waals surface area (Å²) in [6.07, 6.45) is 3.12. The molecule has 0 bridgehead atoms. The van der Waals surface area contributed by atoms with Crippen LogP contribution in [0.15, 0.2) is 78.9 Å². The van der Waals surface area contributed by atoms with Gasteiger partial charge < -0.3 is 16.2 Å². The number of amides is 3. The lowest BCUT2D eigenvalue weighted by Gasteiger charge is -2.39. The summed E-state index contributed by atoms with van der Waals surface area (Å²) < 4.78 is 6.12. The summed E-state index contributed by atoms with van der Waals surface area (Å²) in [5.41, 5.74) is 14.1. The molecule has 9 nitrogen and oxygen atoms in total. The molecule has 0 aromatic heterocycles. The molecule has 3 aromatic rings. The lowest BCUT2D eigenvalue weighted by molar-refractivity contribution is -0.113. The number of carbonyl (C=O) groups excluding carboxylic acids is 2. The SMILES string of the molecule is NC(=O)C=Cc1cc(C#CCCN(O)C(N)=O)ccc1OCCN1CCN([C@H](c2ccccc2)c2ccc(Cl)cc2)CC1. The maximum Gasteiger partial charge on any atom is 0.338 e. The van der Waals surface area contributed by atoms with E-state index in [2.05, 4.69) is 58.0 Å². The third-order valence-corrected chi connectivity index (χ3v) is 7.36. The normalized spacial score (nSPS) is 14.6. The lowest BCUT2D eigenvalue weighted by atomic mass is 9.96.